The van der Waals surface area contributed by atoms with Gasteiger partial charge in [-0.25, -0.2) is 4.79 Å². The Labute approximate surface area is 194 Å². The lowest BCUT2D eigenvalue weighted by Crippen LogP contribution is -2.46. The van der Waals surface area contributed by atoms with Crippen molar-refractivity contribution in [1.82, 2.24) is 9.80 Å². The van der Waals surface area contributed by atoms with Gasteiger partial charge in [-0.2, -0.15) is 0 Å². The second kappa shape index (κ2) is 9.81. The fourth-order valence-corrected chi connectivity index (χ4v) is 5.03. The molecule has 6 heteroatoms. The summed E-state index contributed by atoms with van der Waals surface area (Å²) in [5.74, 6) is 0.560. The molecule has 0 aliphatic carbocycles. The summed E-state index contributed by atoms with van der Waals surface area (Å²) in [6.07, 6.45) is 2.49. The molecule has 3 aromatic rings. The average Bonchev–Trinajstić information content (AvgIpc) is 3.34. The largest absolute Gasteiger partial charge is 0.507 e. The van der Waals surface area contributed by atoms with Crippen LogP contribution < -0.4 is 10.5 Å². The fourth-order valence-electron chi connectivity index (χ4n) is 5.03. The van der Waals surface area contributed by atoms with Crippen molar-refractivity contribution in [2.45, 2.75) is 25.4 Å². The van der Waals surface area contributed by atoms with E-state index in [1.165, 1.54) is 17.5 Å². The van der Waals surface area contributed by atoms with Crippen LogP contribution in [0.5, 0.6) is 5.75 Å². The lowest BCUT2D eigenvalue weighted by molar-refractivity contribution is 0.241. The predicted molar refractivity (Wildman–Crippen MR) is 130 cm³/mol. The molecule has 2 fully saturated rings. The highest BCUT2D eigenvalue weighted by Crippen LogP contribution is 2.30. The Morgan fingerprint density at radius 2 is 1.55 bits per heavy atom. The summed E-state index contributed by atoms with van der Waals surface area (Å²) < 4.78 is 5.34. The predicted octanol–water partition coefficient (Wildman–Crippen LogP) is 3.66. The molecule has 2 aliphatic heterocycles. The Hall–Kier alpha value is -3.09. The van der Waals surface area contributed by atoms with E-state index in [-0.39, 0.29) is 5.75 Å². The highest BCUT2D eigenvalue weighted by atomic mass is 16.4. The third kappa shape index (κ3) is 4.97. The summed E-state index contributed by atoms with van der Waals surface area (Å²) in [6.45, 7) is 6.46. The van der Waals surface area contributed by atoms with Crippen LogP contribution in [0.3, 0.4) is 0 Å². The molecule has 6 nitrogen and oxygen atoms in total. The number of anilines is 1. The molecule has 1 atom stereocenters. The van der Waals surface area contributed by atoms with E-state index < -0.39 is 5.63 Å². The van der Waals surface area contributed by atoms with E-state index in [0.29, 0.717) is 30.1 Å². The van der Waals surface area contributed by atoms with Crippen LogP contribution in [0, 0.1) is 0 Å². The van der Waals surface area contributed by atoms with Crippen molar-refractivity contribution in [3.63, 3.8) is 0 Å². The molecule has 0 amide bonds. The zero-order chi connectivity index (χ0) is 22.6. The summed E-state index contributed by atoms with van der Waals surface area (Å²) in [6, 6.07) is 20.9. The van der Waals surface area contributed by atoms with E-state index in [4.69, 9.17) is 4.42 Å². The SMILES string of the molecule is O=c1occ(CN2CCN(c3ccccc3)CC2)c(O)c1CN1CC[C@@H](c2ccccc2)C1. The minimum atomic E-state index is -0.437. The number of aromatic hydroxyl groups is 1. The van der Waals surface area contributed by atoms with Crippen LogP contribution in [0.25, 0.3) is 0 Å². The van der Waals surface area contributed by atoms with Gasteiger partial charge in [0.2, 0.25) is 0 Å². The Morgan fingerprint density at radius 1 is 0.848 bits per heavy atom. The van der Waals surface area contributed by atoms with Crippen LogP contribution in [0.2, 0.25) is 0 Å². The summed E-state index contributed by atoms with van der Waals surface area (Å²) in [5.41, 5.74) is 3.21. The summed E-state index contributed by atoms with van der Waals surface area (Å²) in [7, 11) is 0. The van der Waals surface area contributed by atoms with Crippen molar-refractivity contribution >= 4 is 5.69 Å². The summed E-state index contributed by atoms with van der Waals surface area (Å²) in [4.78, 5) is 19.4. The van der Waals surface area contributed by atoms with Gasteiger partial charge in [-0.05, 0) is 36.6 Å². The number of hydrogen-bond donors (Lipinski definition) is 1. The van der Waals surface area contributed by atoms with E-state index >= 15 is 0 Å². The molecule has 2 aromatic carbocycles. The van der Waals surface area contributed by atoms with Crippen LogP contribution in [-0.2, 0) is 13.1 Å². The van der Waals surface area contributed by atoms with E-state index in [2.05, 4.69) is 63.2 Å². The summed E-state index contributed by atoms with van der Waals surface area (Å²) >= 11 is 0. The zero-order valence-corrected chi connectivity index (χ0v) is 18.9. The molecule has 5 rings (SSSR count). The minimum Gasteiger partial charge on any atom is -0.507 e. The Morgan fingerprint density at radius 3 is 2.27 bits per heavy atom. The standard InChI is InChI=1S/C27H31N3O3/c31-26-23(18-28-13-15-30(16-14-28)24-9-5-2-6-10-24)20-33-27(32)25(26)19-29-12-11-22(17-29)21-7-3-1-4-8-21/h1-10,20,22,31H,11-19H2/t22-/m1/s1. The third-order valence-corrected chi connectivity index (χ3v) is 6.96. The molecular weight excluding hydrogens is 414 g/mol. The van der Waals surface area contributed by atoms with Crippen LogP contribution in [0.4, 0.5) is 5.69 Å². The smallest absolute Gasteiger partial charge is 0.343 e. The second-order valence-electron chi connectivity index (χ2n) is 9.11. The zero-order valence-electron chi connectivity index (χ0n) is 18.9. The van der Waals surface area contributed by atoms with E-state index in [1.807, 2.05) is 12.1 Å². The number of rotatable bonds is 6. The monoisotopic (exact) mass is 445 g/mol. The second-order valence-corrected chi connectivity index (χ2v) is 9.11. The highest BCUT2D eigenvalue weighted by Gasteiger charge is 2.27. The topological polar surface area (TPSA) is 60.2 Å². The van der Waals surface area contributed by atoms with Gasteiger partial charge in [0, 0.05) is 57.1 Å². The van der Waals surface area contributed by atoms with E-state index in [1.54, 1.807) is 0 Å². The molecule has 1 N–H and O–H groups in total. The number of hydrogen-bond acceptors (Lipinski definition) is 6. The van der Waals surface area contributed by atoms with Gasteiger partial charge in [-0.1, -0.05) is 48.5 Å². The lowest BCUT2D eigenvalue weighted by Gasteiger charge is -2.36. The number of para-hydroxylation sites is 1. The maximum absolute atomic E-state index is 12.4. The molecule has 0 unspecified atom stereocenters. The van der Waals surface area contributed by atoms with Crippen molar-refractivity contribution < 1.29 is 9.52 Å². The number of piperazine rings is 1. The first-order chi connectivity index (χ1) is 16.2. The Bertz CT molecular complexity index is 1110. The van der Waals surface area contributed by atoms with Gasteiger partial charge < -0.3 is 14.4 Å². The normalized spacial score (nSPS) is 19.8. The molecule has 33 heavy (non-hydrogen) atoms. The van der Waals surface area contributed by atoms with Gasteiger partial charge in [0.25, 0.3) is 0 Å². The lowest BCUT2D eigenvalue weighted by atomic mass is 9.99. The maximum atomic E-state index is 12.4. The molecule has 1 aromatic heterocycles. The van der Waals surface area contributed by atoms with Crippen LogP contribution in [0.1, 0.15) is 29.0 Å². The van der Waals surface area contributed by atoms with Crippen LogP contribution >= 0.6 is 0 Å². The molecule has 2 saturated heterocycles. The molecule has 3 heterocycles. The molecule has 2 aliphatic rings. The van der Waals surface area contributed by atoms with Crippen molar-refractivity contribution in [2.75, 3.05) is 44.2 Å². The molecule has 0 saturated carbocycles. The molecular formula is C27H31N3O3. The molecule has 0 radical (unpaired) electrons. The Kier molecular flexibility index (Phi) is 6.46. The van der Waals surface area contributed by atoms with Gasteiger partial charge in [0.1, 0.15) is 12.0 Å². The quantitative estimate of drug-likeness (QED) is 0.625. The Balaban J connectivity index is 1.22. The van der Waals surface area contributed by atoms with Gasteiger partial charge in [-0.3, -0.25) is 9.80 Å². The van der Waals surface area contributed by atoms with Crippen molar-refractivity contribution in [2.24, 2.45) is 0 Å². The first kappa shape index (κ1) is 21.7. The molecule has 0 bridgehead atoms. The highest BCUT2D eigenvalue weighted by molar-refractivity contribution is 5.46. The maximum Gasteiger partial charge on any atom is 0.343 e. The van der Waals surface area contributed by atoms with Crippen molar-refractivity contribution in [3.05, 3.63) is 94.0 Å². The number of likely N-dealkylation sites (tertiary alicyclic amines) is 1. The molecule has 172 valence electrons. The summed E-state index contributed by atoms with van der Waals surface area (Å²) in [5, 5.41) is 10.9. The minimum absolute atomic E-state index is 0.0971. The van der Waals surface area contributed by atoms with Gasteiger partial charge in [-0.15, -0.1) is 0 Å². The van der Waals surface area contributed by atoms with Crippen LogP contribution in [-0.4, -0.2) is 54.2 Å². The van der Waals surface area contributed by atoms with Gasteiger partial charge in [0.15, 0.2) is 0 Å². The van der Waals surface area contributed by atoms with Crippen LogP contribution in [0.15, 0.2) is 76.1 Å². The van der Waals surface area contributed by atoms with Crippen molar-refractivity contribution in [3.8, 4) is 5.75 Å². The first-order valence-electron chi connectivity index (χ1n) is 11.8. The number of benzene rings is 2. The average molecular weight is 446 g/mol. The molecule has 0 spiro atoms. The van der Waals surface area contributed by atoms with Gasteiger partial charge >= 0.3 is 5.63 Å². The fraction of sp³-hybridized carbons (Fsp3) is 0.370. The third-order valence-electron chi connectivity index (χ3n) is 6.96. The van der Waals surface area contributed by atoms with E-state index in [0.717, 1.165) is 45.7 Å². The van der Waals surface area contributed by atoms with Gasteiger partial charge in [0.05, 0.1) is 5.56 Å². The first-order valence-corrected chi connectivity index (χ1v) is 11.8. The van der Waals surface area contributed by atoms with E-state index in [9.17, 15) is 9.90 Å². The number of nitrogens with zero attached hydrogens (tertiary/aromatic N) is 3. The van der Waals surface area contributed by atoms with Crippen molar-refractivity contribution in [1.29, 1.82) is 0 Å².